The average molecular weight is 306 g/mol. The molecule has 0 saturated carbocycles. The molecule has 120 valence electrons. The maximum atomic E-state index is 12.4. The van der Waals surface area contributed by atoms with E-state index in [0.29, 0.717) is 32.0 Å². The second kappa shape index (κ2) is 5.98. The van der Waals surface area contributed by atoms with Crippen molar-refractivity contribution in [2.45, 2.75) is 45.7 Å². The Morgan fingerprint density at radius 1 is 1.50 bits per heavy atom. The molecule has 1 unspecified atom stereocenters. The van der Waals surface area contributed by atoms with Gasteiger partial charge in [-0.2, -0.15) is 0 Å². The van der Waals surface area contributed by atoms with Gasteiger partial charge in [0.05, 0.1) is 6.54 Å². The maximum Gasteiger partial charge on any atom is 0.315 e. The molecule has 22 heavy (non-hydrogen) atoms. The monoisotopic (exact) mass is 306 g/mol. The van der Waals surface area contributed by atoms with Gasteiger partial charge in [-0.3, -0.25) is 4.79 Å². The molecule has 7 nitrogen and oxygen atoms in total. The van der Waals surface area contributed by atoms with Crippen molar-refractivity contribution >= 4 is 11.9 Å². The number of carbonyl (C=O) groups is 2. The van der Waals surface area contributed by atoms with E-state index in [4.69, 9.17) is 4.42 Å². The van der Waals surface area contributed by atoms with Gasteiger partial charge >= 0.3 is 6.03 Å². The Labute approximate surface area is 129 Å². The van der Waals surface area contributed by atoms with E-state index in [0.717, 1.165) is 30.2 Å². The number of fused-ring (bicyclic) bond motifs is 1. The maximum absolute atomic E-state index is 12.4. The molecule has 1 aromatic heterocycles. The largest absolute Gasteiger partial charge is 0.445 e. The van der Waals surface area contributed by atoms with Gasteiger partial charge in [0.2, 0.25) is 5.91 Å². The van der Waals surface area contributed by atoms with Crippen LogP contribution < -0.4 is 10.6 Å². The molecule has 2 aliphatic heterocycles. The molecule has 3 amide bonds. The quantitative estimate of drug-likeness (QED) is 0.862. The van der Waals surface area contributed by atoms with Crippen LogP contribution in [0.3, 0.4) is 0 Å². The SMILES string of the molecule is CC(C)CCc1nc2c(o1)CCN(C(=O)C1CNC(=O)N1)C2. The van der Waals surface area contributed by atoms with E-state index in [-0.39, 0.29) is 11.9 Å². The summed E-state index contributed by atoms with van der Waals surface area (Å²) in [6.07, 6.45) is 2.56. The van der Waals surface area contributed by atoms with Crippen molar-refractivity contribution in [1.82, 2.24) is 20.5 Å². The van der Waals surface area contributed by atoms with Crippen molar-refractivity contribution in [3.8, 4) is 0 Å². The van der Waals surface area contributed by atoms with Crippen molar-refractivity contribution in [2.24, 2.45) is 5.92 Å². The lowest BCUT2D eigenvalue weighted by Gasteiger charge is -2.27. The summed E-state index contributed by atoms with van der Waals surface area (Å²) in [7, 11) is 0. The van der Waals surface area contributed by atoms with Gasteiger partial charge < -0.3 is 20.0 Å². The van der Waals surface area contributed by atoms with Gasteiger partial charge in [-0.25, -0.2) is 9.78 Å². The third-order valence-electron chi connectivity index (χ3n) is 4.09. The lowest BCUT2D eigenvalue weighted by molar-refractivity contribution is -0.133. The molecule has 2 N–H and O–H groups in total. The standard InChI is InChI=1S/C15H22N4O3/c1-9(2)3-4-13-17-11-8-19(6-5-12(11)22-13)14(20)10-7-16-15(21)18-10/h9-10H,3-8H2,1-2H3,(H2,16,18,21). The molecule has 0 bridgehead atoms. The second-order valence-electron chi connectivity index (χ2n) is 6.33. The minimum atomic E-state index is -0.471. The molecule has 1 fully saturated rings. The molecule has 1 saturated heterocycles. The van der Waals surface area contributed by atoms with E-state index in [1.165, 1.54) is 0 Å². The van der Waals surface area contributed by atoms with E-state index in [9.17, 15) is 9.59 Å². The Hall–Kier alpha value is -2.05. The van der Waals surface area contributed by atoms with Crippen LogP contribution in [0.1, 0.15) is 37.6 Å². The molecule has 0 aliphatic carbocycles. The zero-order chi connectivity index (χ0) is 15.7. The van der Waals surface area contributed by atoms with Crippen molar-refractivity contribution in [2.75, 3.05) is 13.1 Å². The number of oxazole rings is 1. The fraction of sp³-hybridized carbons (Fsp3) is 0.667. The molecular weight excluding hydrogens is 284 g/mol. The fourth-order valence-corrected chi connectivity index (χ4v) is 2.78. The van der Waals surface area contributed by atoms with Crippen LogP contribution in [-0.2, 0) is 24.2 Å². The fourth-order valence-electron chi connectivity index (χ4n) is 2.78. The smallest absolute Gasteiger partial charge is 0.315 e. The number of aromatic nitrogens is 1. The number of nitrogens with zero attached hydrogens (tertiary/aromatic N) is 2. The van der Waals surface area contributed by atoms with E-state index in [2.05, 4.69) is 29.5 Å². The summed E-state index contributed by atoms with van der Waals surface area (Å²) in [5.41, 5.74) is 0.857. The molecule has 1 aromatic rings. The highest BCUT2D eigenvalue weighted by molar-refractivity contribution is 5.90. The summed E-state index contributed by atoms with van der Waals surface area (Å²) >= 11 is 0. The lowest BCUT2D eigenvalue weighted by atomic mass is 10.1. The lowest BCUT2D eigenvalue weighted by Crippen LogP contribution is -2.47. The molecule has 3 rings (SSSR count). The third kappa shape index (κ3) is 3.08. The van der Waals surface area contributed by atoms with Crippen molar-refractivity contribution in [1.29, 1.82) is 0 Å². The summed E-state index contributed by atoms with van der Waals surface area (Å²) in [4.78, 5) is 29.8. The summed E-state index contributed by atoms with van der Waals surface area (Å²) in [5, 5.41) is 5.24. The number of nitrogens with one attached hydrogen (secondary N) is 2. The van der Waals surface area contributed by atoms with Crippen LogP contribution in [0, 0.1) is 5.92 Å². The number of hydrogen-bond donors (Lipinski definition) is 2. The number of carbonyl (C=O) groups excluding carboxylic acids is 2. The predicted octanol–water partition coefficient (Wildman–Crippen LogP) is 0.829. The first-order valence-corrected chi connectivity index (χ1v) is 7.83. The molecular formula is C15H22N4O3. The number of aryl methyl sites for hydroxylation is 1. The Bertz CT molecular complexity index is 581. The minimum absolute atomic E-state index is 0.0595. The van der Waals surface area contributed by atoms with Crippen molar-refractivity contribution < 1.29 is 14.0 Å². The van der Waals surface area contributed by atoms with Crippen LogP contribution in [0.15, 0.2) is 4.42 Å². The molecule has 0 spiro atoms. The van der Waals surface area contributed by atoms with Gasteiger partial charge in [0, 0.05) is 25.9 Å². The van der Waals surface area contributed by atoms with E-state index >= 15 is 0 Å². The highest BCUT2D eigenvalue weighted by atomic mass is 16.4. The Morgan fingerprint density at radius 3 is 3.00 bits per heavy atom. The first-order valence-electron chi connectivity index (χ1n) is 7.83. The molecule has 1 atom stereocenters. The van der Waals surface area contributed by atoms with Crippen LogP contribution in [0.5, 0.6) is 0 Å². The molecule has 0 radical (unpaired) electrons. The zero-order valence-corrected chi connectivity index (χ0v) is 13.0. The topological polar surface area (TPSA) is 87.5 Å². The van der Waals surface area contributed by atoms with Gasteiger partial charge in [0.15, 0.2) is 5.89 Å². The van der Waals surface area contributed by atoms with E-state index < -0.39 is 6.04 Å². The molecule has 0 aromatic carbocycles. The minimum Gasteiger partial charge on any atom is -0.445 e. The normalized spacial score (nSPS) is 20.8. The number of urea groups is 1. The second-order valence-corrected chi connectivity index (χ2v) is 6.33. The Kier molecular flexibility index (Phi) is 4.04. The van der Waals surface area contributed by atoms with Gasteiger partial charge in [-0.15, -0.1) is 0 Å². The predicted molar refractivity (Wildman–Crippen MR) is 79.1 cm³/mol. The molecule has 2 aliphatic rings. The summed E-state index contributed by atoms with van der Waals surface area (Å²) < 4.78 is 5.80. The highest BCUT2D eigenvalue weighted by Crippen LogP contribution is 2.22. The average Bonchev–Trinajstić information content (AvgIpc) is 3.09. The van der Waals surface area contributed by atoms with Crippen LogP contribution in [0.2, 0.25) is 0 Å². The summed E-state index contributed by atoms with van der Waals surface area (Å²) in [5.74, 6) is 2.22. The van der Waals surface area contributed by atoms with Crippen LogP contribution >= 0.6 is 0 Å². The van der Waals surface area contributed by atoms with Crippen LogP contribution in [0.25, 0.3) is 0 Å². The summed E-state index contributed by atoms with van der Waals surface area (Å²) in [6, 6.07) is -0.755. The first kappa shape index (κ1) is 14.9. The third-order valence-corrected chi connectivity index (χ3v) is 4.09. The first-order chi connectivity index (χ1) is 10.5. The van der Waals surface area contributed by atoms with Gasteiger partial charge in [0.1, 0.15) is 17.5 Å². The molecule has 7 heteroatoms. The van der Waals surface area contributed by atoms with E-state index in [1.54, 1.807) is 4.90 Å². The van der Waals surface area contributed by atoms with Crippen LogP contribution in [0.4, 0.5) is 4.79 Å². The van der Waals surface area contributed by atoms with Crippen molar-refractivity contribution in [3.05, 3.63) is 17.3 Å². The zero-order valence-electron chi connectivity index (χ0n) is 13.0. The van der Waals surface area contributed by atoms with Gasteiger partial charge in [0.25, 0.3) is 0 Å². The van der Waals surface area contributed by atoms with Gasteiger partial charge in [-0.05, 0) is 12.3 Å². The number of amides is 3. The highest BCUT2D eigenvalue weighted by Gasteiger charge is 2.33. The van der Waals surface area contributed by atoms with Gasteiger partial charge in [-0.1, -0.05) is 13.8 Å². The van der Waals surface area contributed by atoms with E-state index in [1.807, 2.05) is 0 Å². The molecule has 3 heterocycles. The van der Waals surface area contributed by atoms with Crippen molar-refractivity contribution in [3.63, 3.8) is 0 Å². The number of hydrogen-bond acceptors (Lipinski definition) is 4. The summed E-state index contributed by atoms with van der Waals surface area (Å²) in [6.45, 7) is 5.77. The number of rotatable bonds is 4. The van der Waals surface area contributed by atoms with Crippen LogP contribution in [-0.4, -0.2) is 41.0 Å². The Balaban J connectivity index is 1.63. The Morgan fingerprint density at radius 2 is 2.32 bits per heavy atom.